The van der Waals surface area contributed by atoms with Crippen LogP contribution in [0.2, 0.25) is 0 Å². The molecule has 0 saturated carbocycles. The van der Waals surface area contributed by atoms with Crippen molar-refractivity contribution in [3.63, 3.8) is 0 Å². The molecule has 9 heteroatoms. The van der Waals surface area contributed by atoms with E-state index in [4.69, 9.17) is 4.74 Å². The lowest BCUT2D eigenvalue weighted by molar-refractivity contribution is 0.0700. The van der Waals surface area contributed by atoms with Crippen molar-refractivity contribution in [3.05, 3.63) is 70.7 Å². The van der Waals surface area contributed by atoms with Gasteiger partial charge in [0.05, 0.1) is 18.7 Å². The van der Waals surface area contributed by atoms with Gasteiger partial charge in [0.2, 0.25) is 0 Å². The summed E-state index contributed by atoms with van der Waals surface area (Å²) >= 11 is 0. The minimum Gasteiger partial charge on any atom is -0.496 e. The van der Waals surface area contributed by atoms with Crippen molar-refractivity contribution in [1.29, 1.82) is 0 Å². The summed E-state index contributed by atoms with van der Waals surface area (Å²) in [6.45, 7) is 0.858. The number of methoxy groups -OCH3 is 1. The maximum Gasteiger partial charge on any atom is 0.259 e. The van der Waals surface area contributed by atoms with Crippen LogP contribution < -0.4 is 15.2 Å². The van der Waals surface area contributed by atoms with Gasteiger partial charge in [-0.25, -0.2) is 14.4 Å². The monoisotopic (exact) mass is 423 g/mol. The third-order valence-electron chi connectivity index (χ3n) is 5.49. The number of likely N-dealkylation sites (N-methyl/N-ethyl adjacent to an activating group) is 1. The van der Waals surface area contributed by atoms with Crippen LogP contribution in [0.15, 0.2) is 53.7 Å². The summed E-state index contributed by atoms with van der Waals surface area (Å²) in [4.78, 5) is 36.3. The fourth-order valence-corrected chi connectivity index (χ4v) is 3.55. The zero-order valence-electron chi connectivity index (χ0n) is 17.4. The standard InChI is InChI=1S/C22H22FN5O3/c1-26-12-16(17(31-3)9-18(26)29)22(30)27(2)15-10-28(11-15)21-19(23)20(24-13-25-21)14-7-5-4-6-8-14/h4-9,12-13,15H,10-11H2,1-3H3. The van der Waals surface area contributed by atoms with Crippen molar-refractivity contribution >= 4 is 11.7 Å². The first-order chi connectivity index (χ1) is 14.9. The van der Waals surface area contributed by atoms with Gasteiger partial charge in [-0.3, -0.25) is 9.59 Å². The number of benzene rings is 1. The maximum absolute atomic E-state index is 15.1. The van der Waals surface area contributed by atoms with Crippen LogP contribution in [0, 0.1) is 5.82 Å². The van der Waals surface area contributed by atoms with Crippen molar-refractivity contribution in [2.24, 2.45) is 7.05 Å². The quantitative estimate of drug-likeness (QED) is 0.624. The van der Waals surface area contributed by atoms with E-state index in [1.165, 1.54) is 30.3 Å². The fourth-order valence-electron chi connectivity index (χ4n) is 3.55. The summed E-state index contributed by atoms with van der Waals surface area (Å²) in [5, 5.41) is 0. The Kier molecular flexibility index (Phi) is 5.41. The molecule has 3 heterocycles. The predicted molar refractivity (Wildman–Crippen MR) is 114 cm³/mol. The molecule has 0 spiro atoms. The average Bonchev–Trinajstić information content (AvgIpc) is 2.75. The van der Waals surface area contributed by atoms with Gasteiger partial charge in [0.1, 0.15) is 17.8 Å². The van der Waals surface area contributed by atoms with E-state index < -0.39 is 5.82 Å². The van der Waals surface area contributed by atoms with Crippen LogP contribution in [0.4, 0.5) is 10.2 Å². The lowest BCUT2D eigenvalue weighted by Gasteiger charge is -2.44. The topological polar surface area (TPSA) is 80.6 Å². The van der Waals surface area contributed by atoms with E-state index in [0.29, 0.717) is 24.2 Å². The van der Waals surface area contributed by atoms with Gasteiger partial charge in [0.25, 0.3) is 11.5 Å². The highest BCUT2D eigenvalue weighted by Crippen LogP contribution is 2.30. The highest BCUT2D eigenvalue weighted by Gasteiger charge is 2.36. The Morgan fingerprint density at radius 1 is 1.23 bits per heavy atom. The van der Waals surface area contributed by atoms with Gasteiger partial charge in [-0.15, -0.1) is 0 Å². The molecule has 0 radical (unpaired) electrons. The van der Waals surface area contributed by atoms with E-state index in [1.54, 1.807) is 36.0 Å². The van der Waals surface area contributed by atoms with E-state index in [1.807, 2.05) is 18.2 Å². The number of ether oxygens (including phenoxy) is 1. The number of carbonyl (C=O) groups excluding carboxylic acids is 1. The van der Waals surface area contributed by atoms with Crippen molar-refractivity contribution in [3.8, 4) is 17.0 Å². The number of amides is 1. The largest absolute Gasteiger partial charge is 0.496 e. The molecule has 31 heavy (non-hydrogen) atoms. The molecule has 1 saturated heterocycles. The van der Waals surface area contributed by atoms with Gasteiger partial charge in [-0.05, 0) is 0 Å². The van der Waals surface area contributed by atoms with Crippen LogP contribution in [0.1, 0.15) is 10.4 Å². The SMILES string of the molecule is COc1cc(=O)n(C)cc1C(=O)N(C)C1CN(c2ncnc(-c3ccccc3)c2F)C1. The maximum atomic E-state index is 15.1. The van der Waals surface area contributed by atoms with Crippen molar-refractivity contribution in [2.45, 2.75) is 6.04 Å². The minimum atomic E-state index is -0.485. The normalized spacial score (nSPS) is 13.6. The van der Waals surface area contributed by atoms with E-state index in [-0.39, 0.29) is 34.8 Å². The number of halogens is 1. The van der Waals surface area contributed by atoms with E-state index in [2.05, 4.69) is 9.97 Å². The summed E-state index contributed by atoms with van der Waals surface area (Å²) in [5.41, 5.74) is 0.952. The molecule has 8 nitrogen and oxygen atoms in total. The summed E-state index contributed by atoms with van der Waals surface area (Å²) in [5.74, 6) is -0.317. The number of hydrogen-bond donors (Lipinski definition) is 0. The lowest BCUT2D eigenvalue weighted by atomic mass is 10.1. The molecule has 1 amide bonds. The first-order valence-corrected chi connectivity index (χ1v) is 9.73. The van der Waals surface area contributed by atoms with Crippen molar-refractivity contribution < 1.29 is 13.9 Å². The smallest absolute Gasteiger partial charge is 0.259 e. The number of hydrogen-bond acceptors (Lipinski definition) is 6. The molecule has 0 unspecified atom stereocenters. The Labute approximate surface area is 178 Å². The van der Waals surface area contributed by atoms with Crippen LogP contribution in [0.5, 0.6) is 5.75 Å². The first kappa shape index (κ1) is 20.5. The Morgan fingerprint density at radius 3 is 2.61 bits per heavy atom. The zero-order chi connectivity index (χ0) is 22.1. The number of pyridine rings is 1. The van der Waals surface area contributed by atoms with Gasteiger partial charge in [0.15, 0.2) is 11.6 Å². The van der Waals surface area contributed by atoms with E-state index in [0.717, 1.165) is 0 Å². The van der Waals surface area contributed by atoms with Crippen molar-refractivity contribution in [2.75, 3.05) is 32.1 Å². The molecular formula is C22H22FN5O3. The van der Waals surface area contributed by atoms with Crippen LogP contribution >= 0.6 is 0 Å². The Balaban J connectivity index is 1.50. The number of aryl methyl sites for hydroxylation is 1. The third kappa shape index (κ3) is 3.74. The number of aromatic nitrogens is 3. The third-order valence-corrected chi connectivity index (χ3v) is 5.49. The Morgan fingerprint density at radius 2 is 1.94 bits per heavy atom. The molecule has 1 aliphatic rings. The second-order valence-corrected chi connectivity index (χ2v) is 7.41. The van der Waals surface area contributed by atoms with Crippen molar-refractivity contribution in [1.82, 2.24) is 19.4 Å². The molecular weight excluding hydrogens is 401 g/mol. The average molecular weight is 423 g/mol. The summed E-state index contributed by atoms with van der Waals surface area (Å²) < 4.78 is 21.6. The Hall–Kier alpha value is -3.75. The highest BCUT2D eigenvalue weighted by molar-refractivity contribution is 5.96. The molecule has 1 aliphatic heterocycles. The zero-order valence-corrected chi connectivity index (χ0v) is 17.4. The molecule has 3 aromatic rings. The predicted octanol–water partition coefficient (Wildman–Crippen LogP) is 1.95. The number of rotatable bonds is 5. The molecule has 0 N–H and O–H groups in total. The van der Waals surface area contributed by atoms with Crippen LogP contribution in [0.25, 0.3) is 11.3 Å². The molecule has 0 aliphatic carbocycles. The molecule has 1 fully saturated rings. The highest BCUT2D eigenvalue weighted by atomic mass is 19.1. The molecule has 4 rings (SSSR count). The van der Waals surface area contributed by atoms with Crippen LogP contribution in [-0.2, 0) is 7.05 Å². The number of anilines is 1. The molecule has 2 aromatic heterocycles. The van der Waals surface area contributed by atoms with E-state index >= 15 is 4.39 Å². The first-order valence-electron chi connectivity index (χ1n) is 9.73. The summed E-state index contributed by atoms with van der Waals surface area (Å²) in [7, 11) is 4.67. The minimum absolute atomic E-state index is 0.135. The number of carbonyl (C=O) groups is 1. The van der Waals surface area contributed by atoms with Gasteiger partial charge >= 0.3 is 0 Å². The van der Waals surface area contributed by atoms with Crippen LogP contribution in [0.3, 0.4) is 0 Å². The van der Waals surface area contributed by atoms with Gasteiger partial charge in [-0.2, -0.15) is 0 Å². The lowest BCUT2D eigenvalue weighted by Crippen LogP contribution is -2.60. The molecule has 160 valence electrons. The molecule has 0 bridgehead atoms. The fraction of sp³-hybridized carbons (Fsp3) is 0.273. The van der Waals surface area contributed by atoms with E-state index in [9.17, 15) is 9.59 Å². The Bertz CT molecular complexity index is 1180. The molecule has 0 atom stereocenters. The summed E-state index contributed by atoms with van der Waals surface area (Å²) in [6.07, 6.45) is 2.81. The van der Waals surface area contributed by atoms with Crippen LogP contribution in [-0.4, -0.2) is 58.6 Å². The second-order valence-electron chi connectivity index (χ2n) is 7.41. The summed E-state index contributed by atoms with van der Waals surface area (Å²) in [6, 6.07) is 10.2. The van der Waals surface area contributed by atoms with Gasteiger partial charge in [0, 0.05) is 45.0 Å². The molecule has 1 aromatic carbocycles. The van der Waals surface area contributed by atoms with Gasteiger partial charge in [-0.1, -0.05) is 30.3 Å². The second kappa shape index (κ2) is 8.17. The number of nitrogens with zero attached hydrogens (tertiary/aromatic N) is 5. The van der Waals surface area contributed by atoms with Gasteiger partial charge < -0.3 is 19.1 Å².